The van der Waals surface area contributed by atoms with Crippen LogP contribution in [0.15, 0.2) is 0 Å². The number of methoxy groups -OCH3 is 2. The van der Waals surface area contributed by atoms with Gasteiger partial charge in [0.05, 0.1) is 33.9 Å². The number of rotatable bonds is 20. The number of Topliss-reactive ketones (excluding diaryl/α,β-unsaturated/α-hetero) is 4. The molecule has 0 aliphatic rings. The topological polar surface area (TPSA) is 205 Å². The average molecular weight is 594 g/mol. The summed E-state index contributed by atoms with van der Waals surface area (Å²) in [6.07, 6.45) is 2.47. The number of nitrogens with one attached hydrogen (secondary N) is 2. The molecule has 0 spiro atoms. The second-order valence-electron chi connectivity index (χ2n) is 8.13. The van der Waals surface area contributed by atoms with E-state index in [2.05, 4.69) is 20.1 Å². The zero-order chi connectivity index (χ0) is 29.3. The first-order chi connectivity index (χ1) is 18.0. The van der Waals surface area contributed by atoms with Crippen molar-refractivity contribution >= 4 is 46.9 Å². The van der Waals surface area contributed by atoms with E-state index in [1.54, 1.807) is 6.92 Å². The van der Waals surface area contributed by atoms with Crippen molar-refractivity contribution in [3.63, 3.8) is 0 Å². The minimum absolute atomic E-state index is 0. The van der Waals surface area contributed by atoms with Crippen LogP contribution in [0.4, 0.5) is 0 Å². The number of carbonyl (C=O) groups excluding carboxylic acids is 8. The first-order valence-electron chi connectivity index (χ1n) is 12.4. The molecule has 0 unspecified atom stereocenters. The normalized spacial score (nSPS) is 9.07. The number of carbonyl (C=O) groups is 8. The Morgan fingerprint density at radius 2 is 0.927 bits per heavy atom. The van der Waals surface area contributed by atoms with Gasteiger partial charge in [0, 0.05) is 59.2 Å². The molecule has 0 aromatic heterocycles. The van der Waals surface area contributed by atoms with Crippen molar-refractivity contribution in [2.45, 2.75) is 99.8 Å². The van der Waals surface area contributed by atoms with E-state index in [1.807, 2.05) is 0 Å². The Hall–Kier alpha value is -3.48. The van der Waals surface area contributed by atoms with Crippen molar-refractivity contribution in [2.24, 2.45) is 5.73 Å². The maximum atomic E-state index is 11.4. The van der Waals surface area contributed by atoms with Crippen molar-refractivity contribution in [2.75, 3.05) is 33.9 Å². The van der Waals surface area contributed by atoms with Crippen LogP contribution in [0.3, 0.4) is 0 Å². The highest BCUT2D eigenvalue weighted by molar-refractivity contribution is 5.89. The summed E-state index contributed by atoms with van der Waals surface area (Å²) in [5.41, 5.74) is 5.10. The fourth-order valence-electron chi connectivity index (χ4n) is 2.60. The summed E-state index contributed by atoms with van der Waals surface area (Å²) in [6.45, 7) is 1.52. The largest absolute Gasteiger partial charge is 0.469 e. The van der Waals surface area contributed by atoms with Gasteiger partial charge in [-0.3, -0.25) is 38.4 Å². The summed E-state index contributed by atoms with van der Waals surface area (Å²) in [6, 6.07) is 0. The monoisotopic (exact) mass is 593 g/mol. The SMILES string of the molecule is C.C.C.CCC(=O)CCC(=O)NCC(=O)CCCC(=O)OC.COC(=O)CCCC(=O)CNC(=O)CCC(=O)CN.[HH]. The first-order valence-corrected chi connectivity index (χ1v) is 12.4. The van der Waals surface area contributed by atoms with E-state index in [-0.39, 0.29) is 142 Å². The van der Waals surface area contributed by atoms with Crippen LogP contribution in [0.25, 0.3) is 0 Å². The molecule has 0 heterocycles. The third-order valence-corrected chi connectivity index (χ3v) is 4.98. The molecule has 0 aromatic rings. The summed E-state index contributed by atoms with van der Waals surface area (Å²) in [5, 5.41) is 4.87. The van der Waals surface area contributed by atoms with Crippen LogP contribution < -0.4 is 16.4 Å². The Kier molecular flexibility index (Phi) is 35.8. The lowest BCUT2D eigenvalue weighted by Gasteiger charge is -2.04. The van der Waals surface area contributed by atoms with Gasteiger partial charge < -0.3 is 25.8 Å². The quantitative estimate of drug-likeness (QED) is 0.175. The Morgan fingerprint density at radius 3 is 1.24 bits per heavy atom. The summed E-state index contributed by atoms with van der Waals surface area (Å²) >= 11 is 0. The minimum atomic E-state index is -0.364. The molecule has 0 saturated heterocycles. The van der Waals surface area contributed by atoms with E-state index in [0.717, 1.165) is 0 Å². The lowest BCUT2D eigenvalue weighted by molar-refractivity contribution is -0.141. The highest BCUT2D eigenvalue weighted by Gasteiger charge is 2.10. The maximum Gasteiger partial charge on any atom is 0.305 e. The van der Waals surface area contributed by atoms with Gasteiger partial charge in [0.1, 0.15) is 11.6 Å². The van der Waals surface area contributed by atoms with Gasteiger partial charge >= 0.3 is 11.9 Å². The number of hydrogen-bond acceptors (Lipinski definition) is 11. The first kappa shape index (κ1) is 47.3. The van der Waals surface area contributed by atoms with Crippen LogP contribution >= 0.6 is 0 Å². The number of esters is 2. The summed E-state index contributed by atoms with van der Waals surface area (Å²) in [7, 11) is 2.58. The average Bonchev–Trinajstić information content (AvgIpc) is 2.92. The summed E-state index contributed by atoms with van der Waals surface area (Å²) in [5.74, 6) is -1.85. The second-order valence-corrected chi connectivity index (χ2v) is 8.13. The van der Waals surface area contributed by atoms with Crippen LogP contribution in [-0.2, 0) is 47.8 Å². The van der Waals surface area contributed by atoms with Crippen LogP contribution in [0.1, 0.15) is 101 Å². The van der Waals surface area contributed by atoms with Gasteiger partial charge in [-0.05, 0) is 12.8 Å². The molecule has 13 heteroatoms. The molecule has 0 atom stereocenters. The Morgan fingerprint density at radius 1 is 0.561 bits per heavy atom. The van der Waals surface area contributed by atoms with E-state index in [4.69, 9.17) is 5.73 Å². The molecule has 0 aromatic carbocycles. The summed E-state index contributed by atoms with van der Waals surface area (Å²) in [4.78, 5) is 88.8. The van der Waals surface area contributed by atoms with Crippen LogP contribution in [0.5, 0.6) is 0 Å². The van der Waals surface area contributed by atoms with E-state index in [0.29, 0.717) is 19.3 Å². The van der Waals surface area contributed by atoms with Gasteiger partial charge in [-0.15, -0.1) is 0 Å². The molecule has 13 nitrogen and oxygen atoms in total. The number of ether oxygens (including phenoxy) is 2. The fourth-order valence-corrected chi connectivity index (χ4v) is 2.60. The molecule has 4 N–H and O–H groups in total. The zero-order valence-electron chi connectivity index (χ0n) is 22.6. The molecule has 0 bridgehead atoms. The van der Waals surface area contributed by atoms with Crippen LogP contribution in [-0.4, -0.2) is 80.7 Å². The number of hydrogen-bond donors (Lipinski definition) is 3. The van der Waals surface area contributed by atoms with Gasteiger partial charge in [-0.1, -0.05) is 29.2 Å². The van der Waals surface area contributed by atoms with Crippen molar-refractivity contribution in [1.82, 2.24) is 10.6 Å². The van der Waals surface area contributed by atoms with Gasteiger partial charge in [0.15, 0.2) is 11.6 Å². The van der Waals surface area contributed by atoms with Crippen LogP contribution in [0.2, 0.25) is 0 Å². The molecule has 41 heavy (non-hydrogen) atoms. The molecule has 0 aliphatic heterocycles. The minimum Gasteiger partial charge on any atom is -0.469 e. The van der Waals surface area contributed by atoms with E-state index < -0.39 is 0 Å². The standard InChI is InChI=1S/C13H21NO5.C12H20N2O5.3CH4.H2/c1-3-10(15)7-8-12(17)14-9-11(16)5-4-6-13(18)19-2;1-19-12(18)4-2-3-10(16)8-14-11(17)6-5-9(15)7-13;;;;/h3-9H2,1-2H3,(H,14,17);2-8,13H2,1H3,(H,14,17);3*1H4;1H. The molecular weight excluding hydrogens is 538 g/mol. The molecular formula is C28H55N3O10. The Labute approximate surface area is 246 Å². The fraction of sp³-hybridized carbons (Fsp3) is 0.714. The van der Waals surface area contributed by atoms with Crippen molar-refractivity contribution in [1.29, 1.82) is 0 Å². The van der Waals surface area contributed by atoms with E-state index in [9.17, 15) is 38.4 Å². The maximum absolute atomic E-state index is 11.4. The smallest absolute Gasteiger partial charge is 0.305 e. The van der Waals surface area contributed by atoms with Crippen molar-refractivity contribution < 1.29 is 49.3 Å². The predicted molar refractivity (Wildman–Crippen MR) is 158 cm³/mol. The number of ketones is 4. The highest BCUT2D eigenvalue weighted by Crippen LogP contribution is 1.99. The highest BCUT2D eigenvalue weighted by atomic mass is 16.5. The van der Waals surface area contributed by atoms with E-state index >= 15 is 0 Å². The Bertz CT molecular complexity index is 754. The summed E-state index contributed by atoms with van der Waals surface area (Å²) < 4.78 is 8.88. The van der Waals surface area contributed by atoms with Crippen molar-refractivity contribution in [3.8, 4) is 0 Å². The lowest BCUT2D eigenvalue weighted by atomic mass is 10.1. The van der Waals surface area contributed by atoms with Gasteiger partial charge in [0.25, 0.3) is 0 Å². The van der Waals surface area contributed by atoms with Crippen LogP contribution in [0, 0.1) is 0 Å². The van der Waals surface area contributed by atoms with Crippen molar-refractivity contribution in [3.05, 3.63) is 0 Å². The molecule has 0 radical (unpaired) electrons. The van der Waals surface area contributed by atoms with Gasteiger partial charge in [0.2, 0.25) is 11.8 Å². The number of amides is 2. The second kappa shape index (κ2) is 31.1. The van der Waals surface area contributed by atoms with E-state index in [1.165, 1.54) is 14.2 Å². The predicted octanol–water partition coefficient (Wildman–Crippen LogP) is 2.25. The van der Waals surface area contributed by atoms with Gasteiger partial charge in [-0.25, -0.2) is 0 Å². The zero-order valence-corrected chi connectivity index (χ0v) is 22.6. The molecule has 0 saturated carbocycles. The molecule has 242 valence electrons. The Balaban J connectivity index is -0.000000141. The molecule has 2 amide bonds. The number of nitrogens with two attached hydrogens (primary N) is 1. The molecule has 0 aliphatic carbocycles. The molecule has 0 fully saturated rings. The van der Waals surface area contributed by atoms with Gasteiger partial charge in [-0.2, -0.15) is 0 Å². The molecule has 0 rings (SSSR count). The third-order valence-electron chi connectivity index (χ3n) is 4.98. The third kappa shape index (κ3) is 32.6. The lowest BCUT2D eigenvalue weighted by Crippen LogP contribution is -2.30.